The molecule has 6 aromatic rings. The average molecular weight is 912 g/mol. The number of benzene rings is 4. The molecule has 0 radical (unpaired) electrons. The second-order valence-electron chi connectivity index (χ2n) is 15.5. The summed E-state index contributed by atoms with van der Waals surface area (Å²) < 4.78 is 9.81. The summed E-state index contributed by atoms with van der Waals surface area (Å²) in [7, 11) is 4.83. The van der Waals surface area contributed by atoms with Gasteiger partial charge in [0.2, 0.25) is 17.5 Å². The fraction of sp³-hybridized carbons (Fsp3) is 0.224. The van der Waals surface area contributed by atoms with Gasteiger partial charge in [0, 0.05) is 84.9 Å². The molecule has 1 amide bonds. The molecule has 0 aliphatic carbocycles. The van der Waals surface area contributed by atoms with Gasteiger partial charge in [-0.1, -0.05) is 18.2 Å². The standard InChI is InChI=1S/C29H31N7O.C20H18O10/c1-21-5-10-25(18-27(21)34-29-31-13-11-26(33-29)24-4-3-12-30-19-24)32-28(37)23-8-6-22(7-9-23)20-36-16-14-35(2)15-17-36;1-29-13-7-3-11(4-8-13)15(21)19(27,17(23)24)20(28,18(25)26)16(22)12-5-9-14(30-2)10-6-12/h3-13,18-19H,14-17,20H2,1-2H3,(H,32,37)(H,31,33,34);3-10,27-28H,1-2H3,(H,23,24)(H,25,26). The Morgan fingerprint density at radius 3 is 1.76 bits per heavy atom. The molecule has 3 heterocycles. The van der Waals surface area contributed by atoms with Crippen LogP contribution in [0, 0.1) is 6.92 Å². The molecule has 0 saturated carbocycles. The van der Waals surface area contributed by atoms with Crippen molar-refractivity contribution in [2.45, 2.75) is 24.7 Å². The summed E-state index contributed by atoms with van der Waals surface area (Å²) >= 11 is 0. The largest absolute Gasteiger partial charge is 0.497 e. The van der Waals surface area contributed by atoms with Gasteiger partial charge in [0.05, 0.1) is 19.9 Å². The molecule has 67 heavy (non-hydrogen) atoms. The van der Waals surface area contributed by atoms with E-state index in [1.54, 1.807) is 18.6 Å². The summed E-state index contributed by atoms with van der Waals surface area (Å²) in [6.45, 7) is 7.24. The van der Waals surface area contributed by atoms with Crippen LogP contribution in [-0.4, -0.2) is 133 Å². The summed E-state index contributed by atoms with van der Waals surface area (Å²) in [6.07, 6.45) is 5.22. The molecule has 1 aliphatic rings. The third kappa shape index (κ3) is 11.1. The number of methoxy groups -OCH3 is 2. The summed E-state index contributed by atoms with van der Waals surface area (Å²) in [6, 6.07) is 28.5. The normalized spacial score (nSPS) is 14.5. The first-order valence-corrected chi connectivity index (χ1v) is 20.8. The van der Waals surface area contributed by atoms with Gasteiger partial charge in [0.15, 0.2) is 0 Å². The zero-order valence-electron chi connectivity index (χ0n) is 37.0. The van der Waals surface area contributed by atoms with Gasteiger partial charge in [0.1, 0.15) is 11.5 Å². The van der Waals surface area contributed by atoms with Crippen LogP contribution in [0.1, 0.15) is 42.2 Å². The molecule has 0 bridgehead atoms. The molecule has 1 saturated heterocycles. The highest BCUT2D eigenvalue weighted by atomic mass is 16.5. The van der Waals surface area contributed by atoms with Crippen molar-refractivity contribution in [2.24, 2.45) is 0 Å². The molecule has 18 nitrogen and oxygen atoms in total. The van der Waals surface area contributed by atoms with Gasteiger partial charge in [-0.3, -0.25) is 24.3 Å². The van der Waals surface area contributed by atoms with Crippen molar-refractivity contribution < 1.29 is 53.9 Å². The van der Waals surface area contributed by atoms with E-state index >= 15 is 0 Å². The number of anilines is 3. The number of likely N-dealkylation sites (N-methyl/N-ethyl adjacent to an activating group) is 1. The quantitative estimate of drug-likeness (QED) is 0.0552. The van der Waals surface area contributed by atoms with Crippen molar-refractivity contribution in [1.29, 1.82) is 0 Å². The molecule has 2 aromatic heterocycles. The van der Waals surface area contributed by atoms with Gasteiger partial charge in [0.25, 0.3) is 17.1 Å². The first-order valence-electron chi connectivity index (χ1n) is 20.8. The van der Waals surface area contributed by atoms with E-state index < -0.39 is 45.8 Å². The van der Waals surface area contributed by atoms with Crippen molar-refractivity contribution in [3.8, 4) is 22.8 Å². The van der Waals surface area contributed by atoms with E-state index in [9.17, 15) is 44.4 Å². The highest BCUT2D eigenvalue weighted by Gasteiger charge is 2.70. The Bertz CT molecular complexity index is 2630. The van der Waals surface area contributed by atoms with Gasteiger partial charge < -0.3 is 45.4 Å². The number of ketones is 2. The number of aliphatic hydroxyl groups is 2. The van der Waals surface area contributed by atoms with Crippen LogP contribution >= 0.6 is 0 Å². The lowest BCUT2D eigenvalue weighted by Gasteiger charge is -2.34. The van der Waals surface area contributed by atoms with Crippen LogP contribution in [-0.2, 0) is 16.1 Å². The number of carbonyl (C=O) groups is 5. The number of aromatic nitrogens is 3. The topological polar surface area (TPSA) is 254 Å². The minimum Gasteiger partial charge on any atom is -0.497 e. The number of carboxylic acids is 2. The Hall–Kier alpha value is -7.90. The maximum absolute atomic E-state index is 12.9. The number of pyridine rings is 1. The van der Waals surface area contributed by atoms with E-state index in [0.29, 0.717) is 17.2 Å². The van der Waals surface area contributed by atoms with E-state index in [0.717, 1.165) is 79.5 Å². The Balaban J connectivity index is 0.000000227. The predicted octanol–water partition coefficient (Wildman–Crippen LogP) is 4.99. The average Bonchev–Trinajstić information content (AvgIpc) is 3.35. The molecular weight excluding hydrogens is 863 g/mol. The van der Waals surface area contributed by atoms with Crippen molar-refractivity contribution in [3.63, 3.8) is 0 Å². The molecule has 4 aromatic carbocycles. The van der Waals surface area contributed by atoms with E-state index in [-0.39, 0.29) is 17.4 Å². The fourth-order valence-corrected chi connectivity index (χ4v) is 7.01. The lowest BCUT2D eigenvalue weighted by atomic mass is 9.73. The summed E-state index contributed by atoms with van der Waals surface area (Å²) in [5.41, 5.74) is -2.93. The van der Waals surface area contributed by atoms with Crippen LogP contribution in [0.4, 0.5) is 17.3 Å². The van der Waals surface area contributed by atoms with E-state index in [1.807, 2.05) is 67.6 Å². The summed E-state index contributed by atoms with van der Waals surface area (Å²) in [4.78, 5) is 80.2. The molecule has 7 rings (SSSR count). The van der Waals surface area contributed by atoms with Gasteiger partial charge in [-0.05, 0) is 116 Å². The number of nitrogens with one attached hydrogen (secondary N) is 2. The second kappa shape index (κ2) is 21.4. The lowest BCUT2D eigenvalue weighted by Crippen LogP contribution is -2.71. The molecule has 1 fully saturated rings. The van der Waals surface area contributed by atoms with Gasteiger partial charge in [-0.2, -0.15) is 0 Å². The van der Waals surface area contributed by atoms with Crippen LogP contribution < -0.4 is 20.1 Å². The fourth-order valence-electron chi connectivity index (χ4n) is 7.01. The number of carbonyl (C=O) groups excluding carboxylic acids is 3. The molecule has 6 N–H and O–H groups in total. The highest BCUT2D eigenvalue weighted by Crippen LogP contribution is 2.33. The molecule has 1 aliphatic heterocycles. The van der Waals surface area contributed by atoms with Crippen LogP contribution in [0.25, 0.3) is 11.3 Å². The maximum atomic E-state index is 12.9. The number of carboxylic acid groups (broad SMARTS) is 2. The van der Waals surface area contributed by atoms with Crippen molar-refractivity contribution in [1.82, 2.24) is 24.8 Å². The number of hydrogen-bond donors (Lipinski definition) is 6. The van der Waals surface area contributed by atoms with E-state index in [2.05, 4.69) is 42.4 Å². The predicted molar refractivity (Wildman–Crippen MR) is 247 cm³/mol. The molecule has 18 heteroatoms. The number of amides is 1. The Morgan fingerprint density at radius 1 is 0.701 bits per heavy atom. The van der Waals surface area contributed by atoms with Gasteiger partial charge >= 0.3 is 11.9 Å². The molecule has 346 valence electrons. The van der Waals surface area contributed by atoms with Crippen LogP contribution in [0.15, 0.2) is 128 Å². The lowest BCUT2D eigenvalue weighted by molar-refractivity contribution is -0.187. The maximum Gasteiger partial charge on any atom is 0.348 e. The zero-order valence-corrected chi connectivity index (χ0v) is 37.0. The Kier molecular flexibility index (Phi) is 15.5. The molecule has 2 unspecified atom stereocenters. The van der Waals surface area contributed by atoms with Crippen molar-refractivity contribution in [3.05, 3.63) is 156 Å². The van der Waals surface area contributed by atoms with Crippen LogP contribution in [0.2, 0.25) is 0 Å². The molecule has 0 spiro atoms. The minimum atomic E-state index is -4.04. The number of Topliss-reactive ketones (excluding diaryl/α,β-unsaturated/α-hetero) is 2. The first kappa shape index (κ1) is 48.6. The smallest absolute Gasteiger partial charge is 0.348 e. The zero-order chi connectivity index (χ0) is 48.3. The number of aliphatic carboxylic acids is 2. The van der Waals surface area contributed by atoms with E-state index in [4.69, 9.17) is 9.47 Å². The Labute approximate surface area is 385 Å². The van der Waals surface area contributed by atoms with Crippen LogP contribution in [0.5, 0.6) is 11.5 Å². The number of piperazine rings is 1. The second-order valence-corrected chi connectivity index (χ2v) is 15.5. The van der Waals surface area contributed by atoms with E-state index in [1.165, 1.54) is 44.0 Å². The first-order chi connectivity index (χ1) is 32.1. The summed E-state index contributed by atoms with van der Waals surface area (Å²) in [5.74, 6) is -7.35. The number of aryl methyl sites for hydroxylation is 1. The van der Waals surface area contributed by atoms with Gasteiger partial charge in [-0.15, -0.1) is 0 Å². The number of rotatable bonds is 16. The third-order valence-corrected chi connectivity index (χ3v) is 11.1. The molecule has 2 atom stereocenters. The third-order valence-electron chi connectivity index (χ3n) is 11.1. The summed E-state index contributed by atoms with van der Waals surface area (Å²) in [5, 5.41) is 46.8. The highest BCUT2D eigenvalue weighted by molar-refractivity contribution is 6.28. The minimum absolute atomic E-state index is 0.143. The monoisotopic (exact) mass is 911 g/mol. The van der Waals surface area contributed by atoms with Crippen molar-refractivity contribution in [2.75, 3.05) is 58.1 Å². The number of nitrogens with zero attached hydrogens (tertiary/aromatic N) is 5. The van der Waals surface area contributed by atoms with Gasteiger partial charge in [-0.25, -0.2) is 19.6 Å². The Morgan fingerprint density at radius 2 is 1.25 bits per heavy atom. The van der Waals surface area contributed by atoms with Crippen molar-refractivity contribution >= 4 is 46.7 Å². The number of hydrogen-bond acceptors (Lipinski definition) is 15. The SMILES string of the molecule is COc1ccc(C(=O)C(O)(C(=O)O)C(O)(C(=O)O)C(=O)c2ccc(OC)cc2)cc1.Cc1ccc(NC(=O)c2ccc(CN3CCN(C)CC3)cc2)cc1Nc1nccc(-c2cccnc2)n1. The number of ether oxygens (including phenoxy) is 2. The van der Waals surface area contributed by atoms with Crippen LogP contribution in [0.3, 0.4) is 0 Å². The molecular formula is C49H49N7O11.